The van der Waals surface area contributed by atoms with Crippen LogP contribution >= 0.6 is 35.1 Å². The van der Waals surface area contributed by atoms with Crippen LogP contribution in [0.25, 0.3) is 0 Å². The second-order valence-electron chi connectivity index (χ2n) is 19.1. The predicted octanol–water partition coefficient (Wildman–Crippen LogP) is 6.58. The number of primary amides is 2. The number of rotatable bonds is 14. The zero-order valence-corrected chi connectivity index (χ0v) is 41.9. The number of hydrogen-bond donors (Lipinski definition) is 5. The Morgan fingerprint density at radius 1 is 0.762 bits per heavy atom. The number of nitrogens with two attached hydrogens (primary N) is 2. The Balaban J connectivity index is 0.000000281. The number of hydrogen-bond acceptors (Lipinski definition) is 13. The fraction of sp³-hybridized carbons (Fsp3) is 0.571. The molecule has 0 saturated carbocycles. The molecule has 0 aliphatic carbocycles. The largest absolute Gasteiger partial charge is 0.390 e. The molecular formula is C42H63ClN8O9S2Si. The van der Waals surface area contributed by atoms with Gasteiger partial charge in [0.05, 0.1) is 58.1 Å². The number of thiophene rings is 2. The van der Waals surface area contributed by atoms with Crippen molar-refractivity contribution in [2.75, 3.05) is 24.0 Å². The van der Waals surface area contributed by atoms with Crippen molar-refractivity contribution in [3.63, 3.8) is 0 Å². The number of aromatic nitrogens is 4. The first kappa shape index (κ1) is 51.6. The Morgan fingerprint density at radius 3 is 1.56 bits per heavy atom. The molecule has 7 N–H and O–H groups in total. The lowest BCUT2D eigenvalue weighted by molar-refractivity contribution is -0.136. The van der Waals surface area contributed by atoms with E-state index in [9.17, 15) is 24.3 Å². The number of aryl methyl sites for hydroxylation is 2. The number of nitrogens with one attached hydrogen (secondary N) is 2. The lowest BCUT2D eigenvalue weighted by atomic mass is 9.86. The average Bonchev–Trinajstić information content (AvgIpc) is 3.87. The van der Waals surface area contributed by atoms with Crippen molar-refractivity contribution in [2.45, 2.75) is 130 Å². The van der Waals surface area contributed by atoms with Crippen LogP contribution in [0.3, 0.4) is 0 Å². The third-order valence-electron chi connectivity index (χ3n) is 10.3. The zero-order chi connectivity index (χ0) is 46.3. The van der Waals surface area contributed by atoms with Gasteiger partial charge in [-0.15, -0.1) is 35.1 Å². The van der Waals surface area contributed by atoms with Gasteiger partial charge in [-0.2, -0.15) is 10.2 Å². The van der Waals surface area contributed by atoms with Crippen molar-refractivity contribution < 1.29 is 43.2 Å². The summed E-state index contributed by atoms with van der Waals surface area (Å²) in [5.74, 6) is -2.05. The van der Waals surface area contributed by atoms with Crippen molar-refractivity contribution in [1.82, 2.24) is 19.6 Å². The van der Waals surface area contributed by atoms with Crippen LogP contribution in [0.15, 0.2) is 12.1 Å². The highest BCUT2D eigenvalue weighted by Gasteiger charge is 2.44. The molecule has 4 aromatic heterocycles. The van der Waals surface area contributed by atoms with Crippen molar-refractivity contribution in [3.05, 3.63) is 66.9 Å². The van der Waals surface area contributed by atoms with Gasteiger partial charge in [-0.25, -0.2) is 0 Å². The number of carbonyl (C=O) groups excluding carboxylic acids is 4. The molecule has 348 valence electrons. The summed E-state index contributed by atoms with van der Waals surface area (Å²) >= 11 is 2.62. The van der Waals surface area contributed by atoms with E-state index >= 15 is 0 Å². The van der Waals surface area contributed by atoms with Gasteiger partial charge in [-0.1, -0.05) is 19.6 Å². The number of carbonyl (C=O) groups is 4. The van der Waals surface area contributed by atoms with Crippen LogP contribution < -0.4 is 22.1 Å². The molecule has 0 aromatic carbocycles. The minimum atomic E-state index is -1.14. The third kappa shape index (κ3) is 12.2. The first-order valence-electron chi connectivity index (χ1n) is 20.3. The number of ether oxygens (including phenoxy) is 4. The smallest absolute Gasteiger partial charge is 0.276 e. The van der Waals surface area contributed by atoms with Gasteiger partial charge in [0, 0.05) is 51.4 Å². The Morgan fingerprint density at radius 2 is 1.17 bits per heavy atom. The molecule has 2 aliphatic rings. The Kier molecular flexibility index (Phi) is 15.8. The van der Waals surface area contributed by atoms with Gasteiger partial charge in [0.2, 0.25) is 0 Å². The third-order valence-corrected chi connectivity index (χ3v) is 14.9. The van der Waals surface area contributed by atoms with Crippen LogP contribution in [0.1, 0.15) is 129 Å². The van der Waals surface area contributed by atoms with Gasteiger partial charge >= 0.3 is 0 Å². The summed E-state index contributed by atoms with van der Waals surface area (Å²) in [6.07, 6.45) is 1.05. The van der Waals surface area contributed by atoms with Crippen LogP contribution in [0.4, 0.5) is 10.0 Å². The van der Waals surface area contributed by atoms with E-state index < -0.39 is 54.1 Å². The quantitative estimate of drug-likeness (QED) is 0.0514. The molecule has 0 bridgehead atoms. The van der Waals surface area contributed by atoms with Gasteiger partial charge in [-0.3, -0.25) is 28.5 Å². The number of amides is 4. The van der Waals surface area contributed by atoms with Crippen molar-refractivity contribution in [1.29, 1.82) is 0 Å². The Bertz CT molecular complexity index is 2360. The Labute approximate surface area is 384 Å². The van der Waals surface area contributed by atoms with Crippen LogP contribution in [-0.2, 0) is 70.3 Å². The summed E-state index contributed by atoms with van der Waals surface area (Å²) in [6.45, 7) is 23.5. The SMILES string of the molecule is Cl.Cn1nc(C(=O)Nc2sc3c(c2C(N)=O)CC(C)(C)OC3(C)C)cc1CO.Cn1nc(C(=O)Nc2sc3c(c2C(N)=O)CC(C)(C)OC3(C)C)cc1COCOCC[Si](C)(C)C. The van der Waals surface area contributed by atoms with Gasteiger partial charge < -0.3 is 46.2 Å². The minimum absolute atomic E-state index is 0. The second-order valence-corrected chi connectivity index (χ2v) is 26.8. The normalized spacial score (nSPS) is 16.7. The molecule has 6 rings (SSSR count). The van der Waals surface area contributed by atoms with Crippen molar-refractivity contribution in [3.8, 4) is 0 Å². The summed E-state index contributed by atoms with van der Waals surface area (Å²) in [5, 5.41) is 24.1. The van der Waals surface area contributed by atoms with Gasteiger partial charge in [0.15, 0.2) is 11.4 Å². The molecule has 0 saturated heterocycles. The average molecular weight is 952 g/mol. The molecule has 0 radical (unpaired) electrons. The molecule has 63 heavy (non-hydrogen) atoms. The highest BCUT2D eigenvalue weighted by atomic mass is 35.5. The first-order chi connectivity index (χ1) is 28.5. The molecule has 6 heterocycles. The van der Waals surface area contributed by atoms with Gasteiger partial charge in [0.25, 0.3) is 23.6 Å². The number of anilines is 2. The maximum absolute atomic E-state index is 13.0. The summed E-state index contributed by atoms with van der Waals surface area (Å²) < 4.78 is 26.6. The van der Waals surface area contributed by atoms with Crippen LogP contribution in [0.5, 0.6) is 0 Å². The van der Waals surface area contributed by atoms with E-state index in [1.807, 2.05) is 55.4 Å². The predicted molar refractivity (Wildman–Crippen MR) is 249 cm³/mol. The molecule has 0 spiro atoms. The van der Waals surface area contributed by atoms with E-state index in [0.717, 1.165) is 32.6 Å². The van der Waals surface area contributed by atoms with E-state index in [1.165, 1.54) is 33.4 Å². The molecule has 0 atom stereocenters. The first-order valence-corrected chi connectivity index (χ1v) is 25.7. The van der Waals surface area contributed by atoms with Crippen molar-refractivity contribution >= 4 is 76.8 Å². The molecule has 0 fully saturated rings. The number of nitrogens with zero attached hydrogens (tertiary/aromatic N) is 4. The molecule has 17 nitrogen and oxygen atoms in total. The van der Waals surface area contributed by atoms with E-state index in [-0.39, 0.29) is 43.8 Å². The van der Waals surface area contributed by atoms with Gasteiger partial charge in [0.1, 0.15) is 16.8 Å². The van der Waals surface area contributed by atoms with E-state index in [2.05, 4.69) is 40.5 Å². The maximum atomic E-state index is 13.0. The number of aliphatic hydroxyl groups excluding tert-OH is 1. The van der Waals surface area contributed by atoms with Crippen LogP contribution in [0, 0.1) is 0 Å². The number of aliphatic hydroxyl groups is 1. The fourth-order valence-electron chi connectivity index (χ4n) is 7.83. The topological polar surface area (TPSA) is 237 Å². The maximum Gasteiger partial charge on any atom is 0.276 e. The van der Waals surface area contributed by atoms with E-state index in [4.69, 9.17) is 30.4 Å². The highest BCUT2D eigenvalue weighted by Crippen LogP contribution is 2.49. The summed E-state index contributed by atoms with van der Waals surface area (Å²) in [6, 6.07) is 4.25. The lowest BCUT2D eigenvalue weighted by Gasteiger charge is -2.41. The minimum Gasteiger partial charge on any atom is -0.390 e. The molecule has 4 aromatic rings. The molecule has 4 amide bonds. The van der Waals surface area contributed by atoms with Crippen LogP contribution in [-0.4, -0.2) is 81.0 Å². The number of fused-ring (bicyclic) bond motifs is 2. The van der Waals surface area contributed by atoms with E-state index in [0.29, 0.717) is 46.3 Å². The monoisotopic (exact) mass is 950 g/mol. The van der Waals surface area contributed by atoms with Crippen LogP contribution in [0.2, 0.25) is 25.7 Å². The summed E-state index contributed by atoms with van der Waals surface area (Å²) in [7, 11) is 2.26. The summed E-state index contributed by atoms with van der Waals surface area (Å²) in [5.41, 5.74) is 13.2. The standard InChI is InChI=1S/C24H38N4O5SSi.C18H24N4O4S.ClH/c1-23(2)12-16-18(20(25)29)22(34-19(16)24(3,4)33-23)26-21(30)17-11-15(28(5)27-17)13-32-14-31-9-10-35(6,7)8;1-17(2)7-10-12(14(19)24)16(27-13(10)18(3,4)26-17)20-15(25)11-6-9(8-23)22(5)21-11;/h11H,9-10,12-14H2,1-8H3,(H2,25,29)(H,26,30);6,23H,7-8H2,1-5H3,(H2,19,24)(H,20,25);1H. The lowest BCUT2D eigenvalue weighted by Crippen LogP contribution is -2.42. The zero-order valence-electron chi connectivity index (χ0n) is 38.5. The second kappa shape index (κ2) is 19.2. The van der Waals surface area contributed by atoms with Crippen molar-refractivity contribution in [2.24, 2.45) is 25.6 Å². The molecular weight excluding hydrogens is 888 g/mol. The van der Waals surface area contributed by atoms with Gasteiger partial charge in [-0.05, 0) is 84.7 Å². The molecule has 0 unspecified atom stereocenters. The summed E-state index contributed by atoms with van der Waals surface area (Å²) in [4.78, 5) is 52.0. The fourth-order valence-corrected chi connectivity index (χ4v) is 11.1. The van der Waals surface area contributed by atoms with E-state index in [1.54, 1.807) is 24.8 Å². The molecule has 21 heteroatoms. The number of halogens is 1. The Hall–Kier alpha value is -3.99. The highest BCUT2D eigenvalue weighted by molar-refractivity contribution is 7.17. The molecule has 2 aliphatic heterocycles.